The van der Waals surface area contributed by atoms with Gasteiger partial charge >= 0.3 is 5.97 Å². The van der Waals surface area contributed by atoms with Gasteiger partial charge in [-0.1, -0.05) is 34.6 Å². The first-order chi connectivity index (χ1) is 9.33. The highest BCUT2D eigenvalue weighted by atomic mass is 16.4. The fourth-order valence-electron chi connectivity index (χ4n) is 2.18. The maximum Gasteiger partial charge on any atom is 0.335 e. The van der Waals surface area contributed by atoms with Gasteiger partial charge in [0.2, 0.25) is 0 Å². The van der Waals surface area contributed by atoms with Crippen molar-refractivity contribution >= 4 is 11.8 Å². The van der Waals surface area contributed by atoms with E-state index in [0.29, 0.717) is 17.4 Å². The van der Waals surface area contributed by atoms with Gasteiger partial charge in [0.05, 0.1) is 5.56 Å². The molecule has 1 aromatic heterocycles. The Morgan fingerprint density at radius 1 is 1.20 bits per heavy atom. The van der Waals surface area contributed by atoms with Gasteiger partial charge in [0.25, 0.3) is 0 Å². The molecule has 0 spiro atoms. The SMILES string of the molecule is CCc1cc(C(=O)O)cc(N(CC(C)C)CC(C)C)n1. The average Bonchev–Trinajstić information content (AvgIpc) is 2.36. The van der Waals surface area contributed by atoms with Gasteiger partial charge in [0, 0.05) is 18.8 Å². The van der Waals surface area contributed by atoms with Crippen molar-refractivity contribution in [3.05, 3.63) is 23.4 Å². The molecular formula is C16H26N2O2. The van der Waals surface area contributed by atoms with E-state index in [1.165, 1.54) is 0 Å². The molecule has 0 saturated heterocycles. The molecule has 1 rings (SSSR count). The molecule has 0 amide bonds. The molecule has 0 aromatic carbocycles. The van der Waals surface area contributed by atoms with Crippen LogP contribution in [0.2, 0.25) is 0 Å². The summed E-state index contributed by atoms with van der Waals surface area (Å²) in [5, 5.41) is 9.23. The van der Waals surface area contributed by atoms with Crippen molar-refractivity contribution in [2.24, 2.45) is 11.8 Å². The number of aryl methyl sites for hydroxylation is 1. The zero-order valence-electron chi connectivity index (χ0n) is 13.2. The van der Waals surface area contributed by atoms with E-state index < -0.39 is 5.97 Å². The van der Waals surface area contributed by atoms with Crippen molar-refractivity contribution in [1.29, 1.82) is 0 Å². The van der Waals surface area contributed by atoms with Crippen molar-refractivity contribution in [1.82, 2.24) is 4.98 Å². The van der Waals surface area contributed by atoms with Gasteiger partial charge in [-0.05, 0) is 30.4 Å². The van der Waals surface area contributed by atoms with Gasteiger partial charge in [-0.25, -0.2) is 9.78 Å². The van der Waals surface area contributed by atoms with Crippen LogP contribution in [0.15, 0.2) is 12.1 Å². The van der Waals surface area contributed by atoms with E-state index in [2.05, 4.69) is 37.6 Å². The summed E-state index contributed by atoms with van der Waals surface area (Å²) in [4.78, 5) is 18.0. The number of rotatable bonds is 7. The van der Waals surface area contributed by atoms with Crippen molar-refractivity contribution in [3.8, 4) is 0 Å². The lowest BCUT2D eigenvalue weighted by atomic mass is 10.1. The van der Waals surface area contributed by atoms with Gasteiger partial charge < -0.3 is 10.0 Å². The Kier molecular flexibility index (Phi) is 5.99. The molecule has 0 aliphatic heterocycles. The Morgan fingerprint density at radius 2 is 1.75 bits per heavy atom. The molecule has 112 valence electrons. The second-order valence-electron chi connectivity index (χ2n) is 6.06. The molecule has 1 heterocycles. The number of hydrogen-bond acceptors (Lipinski definition) is 3. The molecular weight excluding hydrogens is 252 g/mol. The minimum atomic E-state index is -0.891. The van der Waals surface area contributed by atoms with Crippen molar-refractivity contribution in [2.45, 2.75) is 41.0 Å². The van der Waals surface area contributed by atoms with Crippen LogP contribution in [0.25, 0.3) is 0 Å². The van der Waals surface area contributed by atoms with Crippen LogP contribution in [0.4, 0.5) is 5.82 Å². The zero-order valence-corrected chi connectivity index (χ0v) is 13.2. The van der Waals surface area contributed by atoms with E-state index in [1.54, 1.807) is 12.1 Å². The number of nitrogens with zero attached hydrogens (tertiary/aromatic N) is 2. The molecule has 1 aromatic rings. The van der Waals surface area contributed by atoms with Crippen molar-refractivity contribution < 1.29 is 9.90 Å². The van der Waals surface area contributed by atoms with Gasteiger partial charge in [0.1, 0.15) is 5.82 Å². The summed E-state index contributed by atoms with van der Waals surface area (Å²) in [6.45, 7) is 12.4. The minimum Gasteiger partial charge on any atom is -0.478 e. The fourth-order valence-corrected chi connectivity index (χ4v) is 2.18. The Bertz CT molecular complexity index is 446. The maximum absolute atomic E-state index is 11.2. The third-order valence-electron chi connectivity index (χ3n) is 2.97. The van der Waals surface area contributed by atoms with Crippen LogP contribution in [0, 0.1) is 11.8 Å². The van der Waals surface area contributed by atoms with Crippen LogP contribution in [-0.2, 0) is 6.42 Å². The Hall–Kier alpha value is -1.58. The number of carboxylic acid groups (broad SMARTS) is 1. The van der Waals surface area contributed by atoms with Gasteiger partial charge in [-0.2, -0.15) is 0 Å². The van der Waals surface area contributed by atoms with Crippen LogP contribution >= 0.6 is 0 Å². The first-order valence-corrected chi connectivity index (χ1v) is 7.32. The smallest absolute Gasteiger partial charge is 0.335 e. The van der Waals surface area contributed by atoms with E-state index in [1.807, 2.05) is 6.92 Å². The van der Waals surface area contributed by atoms with Crippen LogP contribution < -0.4 is 4.90 Å². The topological polar surface area (TPSA) is 53.4 Å². The van der Waals surface area contributed by atoms with Crippen LogP contribution in [-0.4, -0.2) is 29.1 Å². The second-order valence-corrected chi connectivity index (χ2v) is 6.06. The highest BCUT2D eigenvalue weighted by molar-refractivity contribution is 5.88. The highest BCUT2D eigenvalue weighted by Crippen LogP contribution is 2.19. The molecule has 4 nitrogen and oxygen atoms in total. The third-order valence-corrected chi connectivity index (χ3v) is 2.97. The van der Waals surface area contributed by atoms with E-state index in [0.717, 1.165) is 31.0 Å². The molecule has 0 fully saturated rings. The van der Waals surface area contributed by atoms with E-state index in [-0.39, 0.29) is 0 Å². The largest absolute Gasteiger partial charge is 0.478 e. The molecule has 0 radical (unpaired) electrons. The summed E-state index contributed by atoms with van der Waals surface area (Å²) in [5.74, 6) is 0.907. The summed E-state index contributed by atoms with van der Waals surface area (Å²) in [7, 11) is 0. The van der Waals surface area contributed by atoms with Gasteiger partial charge in [-0.15, -0.1) is 0 Å². The first-order valence-electron chi connectivity index (χ1n) is 7.32. The second kappa shape index (κ2) is 7.27. The van der Waals surface area contributed by atoms with Gasteiger partial charge in [0.15, 0.2) is 0 Å². The number of carbonyl (C=O) groups is 1. The molecule has 0 aliphatic carbocycles. The zero-order chi connectivity index (χ0) is 15.3. The Morgan fingerprint density at radius 3 is 2.15 bits per heavy atom. The normalized spacial score (nSPS) is 11.2. The van der Waals surface area contributed by atoms with Crippen molar-refractivity contribution in [3.63, 3.8) is 0 Å². The Balaban J connectivity index is 3.16. The minimum absolute atomic E-state index is 0.323. The number of anilines is 1. The molecule has 0 saturated carbocycles. The predicted octanol–water partition coefficient (Wildman–Crippen LogP) is 3.46. The lowest BCUT2D eigenvalue weighted by Gasteiger charge is -2.28. The average molecular weight is 278 g/mol. The number of aromatic carboxylic acids is 1. The molecule has 0 aliphatic rings. The van der Waals surface area contributed by atoms with E-state index in [9.17, 15) is 9.90 Å². The van der Waals surface area contributed by atoms with Crippen LogP contribution in [0.5, 0.6) is 0 Å². The molecule has 0 atom stereocenters. The summed E-state index contributed by atoms with van der Waals surface area (Å²) in [5.41, 5.74) is 1.15. The molecule has 4 heteroatoms. The van der Waals surface area contributed by atoms with Gasteiger partial charge in [-0.3, -0.25) is 0 Å². The predicted molar refractivity (Wildman–Crippen MR) is 82.5 cm³/mol. The Labute approximate surface area is 121 Å². The van der Waals surface area contributed by atoms with E-state index in [4.69, 9.17) is 0 Å². The van der Waals surface area contributed by atoms with Crippen LogP contribution in [0.1, 0.15) is 50.7 Å². The number of hydrogen-bond donors (Lipinski definition) is 1. The lowest BCUT2D eigenvalue weighted by molar-refractivity contribution is 0.0696. The summed E-state index contributed by atoms with van der Waals surface area (Å²) in [6.07, 6.45) is 0.741. The summed E-state index contributed by atoms with van der Waals surface area (Å²) < 4.78 is 0. The summed E-state index contributed by atoms with van der Waals surface area (Å²) in [6, 6.07) is 3.35. The molecule has 0 bridgehead atoms. The molecule has 1 N–H and O–H groups in total. The first kappa shape index (κ1) is 16.5. The quantitative estimate of drug-likeness (QED) is 0.830. The summed E-state index contributed by atoms with van der Waals surface area (Å²) >= 11 is 0. The monoisotopic (exact) mass is 278 g/mol. The number of aromatic nitrogens is 1. The number of pyridine rings is 1. The molecule has 0 unspecified atom stereocenters. The highest BCUT2D eigenvalue weighted by Gasteiger charge is 2.15. The van der Waals surface area contributed by atoms with Crippen LogP contribution in [0.3, 0.4) is 0 Å². The van der Waals surface area contributed by atoms with Crippen molar-refractivity contribution in [2.75, 3.05) is 18.0 Å². The molecule has 20 heavy (non-hydrogen) atoms. The number of carboxylic acids is 1. The fraction of sp³-hybridized carbons (Fsp3) is 0.625. The lowest BCUT2D eigenvalue weighted by Crippen LogP contribution is -2.32. The third kappa shape index (κ3) is 4.83. The maximum atomic E-state index is 11.2. The standard InChI is InChI=1S/C16H26N2O2/c1-6-14-7-13(16(19)20)8-15(17-14)18(9-11(2)3)10-12(4)5/h7-8,11-12H,6,9-10H2,1-5H3,(H,19,20). The van der Waals surface area contributed by atoms with E-state index >= 15 is 0 Å².